The van der Waals surface area contributed by atoms with Crippen LogP contribution < -0.4 is 5.32 Å². The first kappa shape index (κ1) is 13.8. The molecule has 1 fully saturated rings. The molecule has 2 atom stereocenters. The molecule has 0 amide bonds. The summed E-state index contributed by atoms with van der Waals surface area (Å²) >= 11 is 0. The fourth-order valence-corrected chi connectivity index (χ4v) is 1.81. The van der Waals surface area contributed by atoms with E-state index in [1.807, 2.05) is 6.92 Å². The minimum absolute atomic E-state index is 0.121. The Hall–Kier alpha value is -0.260. The lowest BCUT2D eigenvalue weighted by molar-refractivity contribution is 0.0805. The van der Waals surface area contributed by atoms with E-state index in [1.54, 1.807) is 11.9 Å². The summed E-state index contributed by atoms with van der Waals surface area (Å²) in [5.41, 5.74) is 0. The normalized spacial score (nSPS) is 23.2. The summed E-state index contributed by atoms with van der Waals surface area (Å²) in [6, 6.07) is 0.121. The third-order valence-corrected chi connectivity index (χ3v) is 3.01. The number of nitrogens with zero attached hydrogens (tertiary/aromatic N) is 1. The smallest absolute Gasteiger partial charge is 0.251 e. The van der Waals surface area contributed by atoms with Gasteiger partial charge in [-0.25, -0.2) is 8.78 Å². The maximum atomic E-state index is 12.1. The van der Waals surface area contributed by atoms with Crippen LogP contribution in [0.2, 0.25) is 0 Å². The van der Waals surface area contributed by atoms with Gasteiger partial charge in [-0.1, -0.05) is 0 Å². The molecule has 96 valence electrons. The fraction of sp³-hybridized carbons (Fsp3) is 1.00. The van der Waals surface area contributed by atoms with Crippen molar-refractivity contribution < 1.29 is 13.5 Å². The van der Waals surface area contributed by atoms with E-state index in [1.165, 1.54) is 0 Å². The lowest BCUT2D eigenvalue weighted by Crippen LogP contribution is -2.41. The number of hydrogen-bond donors (Lipinski definition) is 1. The zero-order valence-electron chi connectivity index (χ0n) is 10.1. The molecule has 1 aliphatic rings. The molecule has 0 spiro atoms. The molecule has 0 aromatic heterocycles. The van der Waals surface area contributed by atoms with Crippen LogP contribution in [0.4, 0.5) is 8.78 Å². The average Bonchev–Trinajstić information content (AvgIpc) is 2.69. The minimum atomic E-state index is -2.26. The summed E-state index contributed by atoms with van der Waals surface area (Å²) in [5, 5.41) is 3.27. The van der Waals surface area contributed by atoms with E-state index in [2.05, 4.69) is 5.32 Å². The number of hydrogen-bond acceptors (Lipinski definition) is 3. The van der Waals surface area contributed by atoms with Gasteiger partial charge in [0.15, 0.2) is 0 Å². The lowest BCUT2D eigenvalue weighted by Gasteiger charge is -2.25. The standard InChI is InChI=1S/C11H22F2N2O/c1-9(15(2)8-11(12)13)6-14-7-10-4-3-5-16-10/h9-11,14H,3-8H2,1-2H3. The maximum absolute atomic E-state index is 12.1. The van der Waals surface area contributed by atoms with Gasteiger partial charge in [0, 0.05) is 25.7 Å². The van der Waals surface area contributed by atoms with Crippen molar-refractivity contribution in [2.45, 2.75) is 38.3 Å². The van der Waals surface area contributed by atoms with Crippen molar-refractivity contribution in [1.82, 2.24) is 10.2 Å². The molecular formula is C11H22F2N2O. The number of likely N-dealkylation sites (N-methyl/N-ethyl adjacent to an activating group) is 1. The molecule has 5 heteroatoms. The van der Waals surface area contributed by atoms with Gasteiger partial charge in [-0.2, -0.15) is 0 Å². The Kier molecular flexibility index (Phi) is 6.16. The summed E-state index contributed by atoms with van der Waals surface area (Å²) in [7, 11) is 1.73. The number of rotatable bonds is 7. The Morgan fingerprint density at radius 2 is 2.25 bits per heavy atom. The highest BCUT2D eigenvalue weighted by Crippen LogP contribution is 2.10. The van der Waals surface area contributed by atoms with Crippen LogP contribution >= 0.6 is 0 Å². The lowest BCUT2D eigenvalue weighted by atomic mass is 10.2. The van der Waals surface area contributed by atoms with Crippen molar-refractivity contribution in [3.63, 3.8) is 0 Å². The van der Waals surface area contributed by atoms with E-state index in [0.29, 0.717) is 6.10 Å². The third kappa shape index (κ3) is 5.18. The van der Waals surface area contributed by atoms with Crippen LogP contribution in [-0.4, -0.2) is 56.8 Å². The molecule has 1 saturated heterocycles. The molecule has 0 aromatic carbocycles. The first-order chi connectivity index (χ1) is 7.59. The molecule has 0 bridgehead atoms. The highest BCUT2D eigenvalue weighted by molar-refractivity contribution is 4.71. The molecule has 0 aromatic rings. The van der Waals surface area contributed by atoms with Crippen LogP contribution in [0.15, 0.2) is 0 Å². The molecule has 1 rings (SSSR count). The molecule has 3 nitrogen and oxygen atoms in total. The molecule has 0 saturated carbocycles. The van der Waals surface area contributed by atoms with Crippen LogP contribution in [0.3, 0.4) is 0 Å². The minimum Gasteiger partial charge on any atom is -0.377 e. The van der Waals surface area contributed by atoms with Gasteiger partial charge in [0.2, 0.25) is 0 Å². The second-order valence-corrected chi connectivity index (χ2v) is 4.47. The van der Waals surface area contributed by atoms with Gasteiger partial charge in [-0.3, -0.25) is 4.90 Å². The van der Waals surface area contributed by atoms with E-state index in [4.69, 9.17) is 4.74 Å². The van der Waals surface area contributed by atoms with Crippen LogP contribution in [0.1, 0.15) is 19.8 Å². The second-order valence-electron chi connectivity index (χ2n) is 4.47. The van der Waals surface area contributed by atoms with Gasteiger partial charge >= 0.3 is 0 Å². The first-order valence-corrected chi connectivity index (χ1v) is 5.90. The molecule has 1 heterocycles. The summed E-state index contributed by atoms with van der Waals surface area (Å²) in [5.74, 6) is 0. The van der Waals surface area contributed by atoms with Gasteiger partial charge in [-0.05, 0) is 26.8 Å². The second kappa shape index (κ2) is 7.14. The molecule has 2 unspecified atom stereocenters. The van der Waals surface area contributed by atoms with Gasteiger partial charge in [0.25, 0.3) is 6.43 Å². The van der Waals surface area contributed by atoms with Gasteiger partial charge in [0.05, 0.1) is 12.6 Å². The molecule has 1 N–H and O–H groups in total. The fourth-order valence-electron chi connectivity index (χ4n) is 1.81. The number of nitrogens with one attached hydrogen (secondary N) is 1. The van der Waals surface area contributed by atoms with Crippen molar-refractivity contribution in [3.05, 3.63) is 0 Å². The Morgan fingerprint density at radius 1 is 1.50 bits per heavy atom. The van der Waals surface area contributed by atoms with E-state index in [0.717, 1.165) is 32.5 Å². The van der Waals surface area contributed by atoms with Gasteiger partial charge in [-0.15, -0.1) is 0 Å². The summed E-state index contributed by atoms with van der Waals surface area (Å²) in [6.45, 7) is 4.19. The van der Waals surface area contributed by atoms with Gasteiger partial charge in [0.1, 0.15) is 0 Å². The van der Waals surface area contributed by atoms with Crippen LogP contribution in [-0.2, 0) is 4.74 Å². The van der Waals surface area contributed by atoms with E-state index < -0.39 is 6.43 Å². The predicted molar refractivity (Wildman–Crippen MR) is 59.9 cm³/mol. The molecule has 0 radical (unpaired) electrons. The molecule has 16 heavy (non-hydrogen) atoms. The summed E-state index contributed by atoms with van der Waals surface area (Å²) in [4.78, 5) is 1.67. The Labute approximate surface area is 96.1 Å². The zero-order chi connectivity index (χ0) is 12.0. The Balaban J connectivity index is 2.06. The van der Waals surface area contributed by atoms with Crippen molar-refractivity contribution in [2.75, 3.05) is 33.3 Å². The number of halogens is 2. The summed E-state index contributed by atoms with van der Waals surface area (Å²) in [6.07, 6.45) is 0.291. The van der Waals surface area contributed by atoms with Crippen molar-refractivity contribution in [3.8, 4) is 0 Å². The average molecular weight is 236 g/mol. The highest BCUT2D eigenvalue weighted by atomic mass is 19.3. The predicted octanol–water partition coefficient (Wildman–Crippen LogP) is 1.34. The first-order valence-electron chi connectivity index (χ1n) is 5.90. The quantitative estimate of drug-likeness (QED) is 0.722. The monoisotopic (exact) mass is 236 g/mol. The molecule has 0 aliphatic carbocycles. The van der Waals surface area contributed by atoms with Crippen LogP contribution in [0, 0.1) is 0 Å². The number of alkyl halides is 2. The van der Waals surface area contributed by atoms with E-state index in [9.17, 15) is 8.78 Å². The topological polar surface area (TPSA) is 24.5 Å². The molecular weight excluding hydrogens is 214 g/mol. The molecule has 1 aliphatic heterocycles. The van der Waals surface area contributed by atoms with E-state index >= 15 is 0 Å². The van der Waals surface area contributed by atoms with Crippen LogP contribution in [0.25, 0.3) is 0 Å². The van der Waals surface area contributed by atoms with Crippen molar-refractivity contribution >= 4 is 0 Å². The van der Waals surface area contributed by atoms with Crippen molar-refractivity contribution in [1.29, 1.82) is 0 Å². The Bertz CT molecular complexity index is 187. The van der Waals surface area contributed by atoms with Gasteiger partial charge < -0.3 is 10.1 Å². The SMILES string of the molecule is CC(CNCC1CCCO1)N(C)CC(F)F. The maximum Gasteiger partial charge on any atom is 0.251 e. The van der Waals surface area contributed by atoms with E-state index in [-0.39, 0.29) is 12.6 Å². The summed E-state index contributed by atoms with van der Waals surface area (Å²) < 4.78 is 29.7. The third-order valence-electron chi connectivity index (χ3n) is 3.01. The van der Waals surface area contributed by atoms with Crippen LogP contribution in [0.5, 0.6) is 0 Å². The highest BCUT2D eigenvalue weighted by Gasteiger charge is 2.17. The largest absolute Gasteiger partial charge is 0.377 e. The van der Waals surface area contributed by atoms with Crippen molar-refractivity contribution in [2.24, 2.45) is 0 Å². The Morgan fingerprint density at radius 3 is 2.81 bits per heavy atom. The zero-order valence-corrected chi connectivity index (χ0v) is 10.1. The number of ether oxygens (including phenoxy) is 1.